The number of aromatic nitrogens is 1. The van der Waals surface area contributed by atoms with Gasteiger partial charge in [0.25, 0.3) is 5.91 Å². The lowest BCUT2D eigenvalue weighted by molar-refractivity contribution is 0.0727. The van der Waals surface area contributed by atoms with Gasteiger partial charge in [0.15, 0.2) is 0 Å². The van der Waals surface area contributed by atoms with E-state index in [4.69, 9.17) is 9.26 Å². The molecular formula is C18H22N2O3. The van der Waals surface area contributed by atoms with Crippen LogP contribution in [0.3, 0.4) is 0 Å². The summed E-state index contributed by atoms with van der Waals surface area (Å²) in [6, 6.07) is 9.29. The van der Waals surface area contributed by atoms with Crippen molar-refractivity contribution >= 4 is 5.91 Å². The number of methoxy groups -OCH3 is 1. The van der Waals surface area contributed by atoms with Crippen LogP contribution in [0.4, 0.5) is 0 Å². The van der Waals surface area contributed by atoms with Gasteiger partial charge in [0.2, 0.25) is 0 Å². The number of benzene rings is 1. The Morgan fingerprint density at radius 1 is 1.39 bits per heavy atom. The van der Waals surface area contributed by atoms with E-state index in [0.717, 1.165) is 30.8 Å². The number of carbonyl (C=O) groups excluding carboxylic acids is 1. The van der Waals surface area contributed by atoms with Crippen molar-refractivity contribution in [1.29, 1.82) is 0 Å². The zero-order valence-electron chi connectivity index (χ0n) is 13.8. The summed E-state index contributed by atoms with van der Waals surface area (Å²) in [6.07, 6.45) is 1.88. The van der Waals surface area contributed by atoms with E-state index >= 15 is 0 Å². The maximum absolute atomic E-state index is 12.9. The van der Waals surface area contributed by atoms with Crippen LogP contribution in [-0.4, -0.2) is 29.6 Å². The highest BCUT2D eigenvalue weighted by molar-refractivity contribution is 5.97. The number of nitrogens with zero attached hydrogens (tertiary/aromatic N) is 2. The second-order valence-corrected chi connectivity index (χ2v) is 6.17. The van der Waals surface area contributed by atoms with E-state index in [9.17, 15) is 4.79 Å². The second-order valence-electron chi connectivity index (χ2n) is 6.17. The fourth-order valence-corrected chi connectivity index (χ4v) is 3.03. The molecule has 1 aliphatic heterocycles. The molecule has 0 N–H and O–H groups in total. The van der Waals surface area contributed by atoms with Gasteiger partial charge in [-0.15, -0.1) is 0 Å². The van der Waals surface area contributed by atoms with Crippen molar-refractivity contribution in [3.63, 3.8) is 0 Å². The monoisotopic (exact) mass is 314 g/mol. The molecule has 1 amide bonds. The second kappa shape index (κ2) is 6.44. The molecule has 3 rings (SSSR count). The third-order valence-electron chi connectivity index (χ3n) is 4.31. The summed E-state index contributed by atoms with van der Waals surface area (Å²) in [4.78, 5) is 14.8. The molecule has 1 aromatic heterocycles. The summed E-state index contributed by atoms with van der Waals surface area (Å²) in [5.74, 6) is 1.73. The lowest BCUT2D eigenvalue weighted by atomic mass is 10.1. The van der Waals surface area contributed by atoms with Crippen LogP contribution in [0.2, 0.25) is 0 Å². The first-order chi connectivity index (χ1) is 11.1. The molecule has 0 aliphatic carbocycles. The van der Waals surface area contributed by atoms with Crippen molar-refractivity contribution in [2.24, 2.45) is 0 Å². The summed E-state index contributed by atoms with van der Waals surface area (Å²) in [5, 5.41) is 4.19. The summed E-state index contributed by atoms with van der Waals surface area (Å²) >= 11 is 0. The van der Waals surface area contributed by atoms with Crippen LogP contribution in [0.25, 0.3) is 0 Å². The molecule has 122 valence electrons. The minimum Gasteiger partial charge on any atom is -0.496 e. The molecule has 1 aliphatic rings. The molecule has 23 heavy (non-hydrogen) atoms. The fraction of sp³-hybridized carbons (Fsp3) is 0.444. The van der Waals surface area contributed by atoms with Crippen LogP contribution in [0.1, 0.15) is 60.5 Å². The molecule has 0 saturated carbocycles. The summed E-state index contributed by atoms with van der Waals surface area (Å²) < 4.78 is 10.7. The normalized spacial score (nSPS) is 17.7. The van der Waals surface area contributed by atoms with Gasteiger partial charge < -0.3 is 14.2 Å². The van der Waals surface area contributed by atoms with Gasteiger partial charge in [-0.3, -0.25) is 4.79 Å². The van der Waals surface area contributed by atoms with E-state index in [1.54, 1.807) is 13.2 Å². The van der Waals surface area contributed by atoms with Crippen LogP contribution in [0, 0.1) is 0 Å². The Balaban J connectivity index is 1.87. The zero-order chi connectivity index (χ0) is 16.4. The van der Waals surface area contributed by atoms with Crippen molar-refractivity contribution in [1.82, 2.24) is 10.1 Å². The minimum absolute atomic E-state index is 0.0148. The van der Waals surface area contributed by atoms with E-state index < -0.39 is 0 Å². The van der Waals surface area contributed by atoms with Gasteiger partial charge in [-0.1, -0.05) is 31.1 Å². The fourth-order valence-electron chi connectivity index (χ4n) is 3.03. The van der Waals surface area contributed by atoms with Gasteiger partial charge in [0.1, 0.15) is 17.2 Å². The van der Waals surface area contributed by atoms with Gasteiger partial charge in [-0.25, -0.2) is 0 Å². The number of amides is 1. The number of ether oxygens (including phenoxy) is 1. The molecule has 1 atom stereocenters. The minimum atomic E-state index is -0.0244. The summed E-state index contributed by atoms with van der Waals surface area (Å²) in [7, 11) is 1.58. The molecule has 2 heterocycles. The van der Waals surface area contributed by atoms with E-state index in [0.29, 0.717) is 11.3 Å². The van der Waals surface area contributed by atoms with E-state index in [2.05, 4.69) is 19.0 Å². The van der Waals surface area contributed by atoms with Gasteiger partial charge in [-0.2, -0.15) is 0 Å². The van der Waals surface area contributed by atoms with Gasteiger partial charge in [0, 0.05) is 18.5 Å². The van der Waals surface area contributed by atoms with Gasteiger partial charge >= 0.3 is 0 Å². The molecule has 0 unspecified atom stereocenters. The molecule has 2 aromatic rings. The van der Waals surface area contributed by atoms with E-state index in [-0.39, 0.29) is 17.9 Å². The number of hydrogen-bond acceptors (Lipinski definition) is 4. The topological polar surface area (TPSA) is 55.6 Å². The third kappa shape index (κ3) is 2.96. The van der Waals surface area contributed by atoms with Crippen LogP contribution < -0.4 is 4.74 Å². The average Bonchev–Trinajstić information content (AvgIpc) is 3.22. The molecule has 5 heteroatoms. The predicted molar refractivity (Wildman–Crippen MR) is 86.6 cm³/mol. The van der Waals surface area contributed by atoms with Crippen molar-refractivity contribution in [2.45, 2.75) is 38.6 Å². The standard InChI is InChI=1S/C18H22N2O3/c1-12(2)17-11-14(19-23-17)15-8-6-10-20(15)18(21)13-7-4-5-9-16(13)22-3/h4-5,7,9,11-12,15H,6,8,10H2,1-3H3/t15-/m1/s1. The van der Waals surface area contributed by atoms with Crippen LogP contribution in [-0.2, 0) is 0 Å². The van der Waals surface area contributed by atoms with Crippen molar-refractivity contribution in [2.75, 3.05) is 13.7 Å². The average molecular weight is 314 g/mol. The highest BCUT2D eigenvalue weighted by Gasteiger charge is 2.33. The molecule has 1 aromatic carbocycles. The molecule has 0 spiro atoms. The quantitative estimate of drug-likeness (QED) is 0.861. The highest BCUT2D eigenvalue weighted by atomic mass is 16.5. The van der Waals surface area contributed by atoms with Gasteiger partial charge in [-0.05, 0) is 25.0 Å². The van der Waals surface area contributed by atoms with Crippen molar-refractivity contribution in [3.05, 3.63) is 47.3 Å². The Morgan fingerprint density at radius 3 is 2.87 bits per heavy atom. The van der Waals surface area contributed by atoms with E-state index in [1.165, 1.54) is 0 Å². The Labute approximate surface area is 136 Å². The Hall–Kier alpha value is -2.30. The third-order valence-corrected chi connectivity index (χ3v) is 4.31. The van der Waals surface area contributed by atoms with Crippen LogP contribution >= 0.6 is 0 Å². The number of para-hydroxylation sites is 1. The Morgan fingerprint density at radius 2 is 2.17 bits per heavy atom. The number of rotatable bonds is 4. The van der Waals surface area contributed by atoms with Crippen molar-refractivity contribution < 1.29 is 14.1 Å². The molecule has 0 radical (unpaired) electrons. The number of likely N-dealkylation sites (tertiary alicyclic amines) is 1. The van der Waals surface area contributed by atoms with Crippen LogP contribution in [0.15, 0.2) is 34.9 Å². The zero-order valence-corrected chi connectivity index (χ0v) is 13.8. The number of carbonyl (C=O) groups is 1. The highest BCUT2D eigenvalue weighted by Crippen LogP contribution is 2.35. The van der Waals surface area contributed by atoms with Crippen LogP contribution in [0.5, 0.6) is 5.75 Å². The first kappa shape index (κ1) is 15.6. The number of hydrogen-bond donors (Lipinski definition) is 0. The Bertz CT molecular complexity index is 693. The first-order valence-electron chi connectivity index (χ1n) is 8.02. The van der Waals surface area contributed by atoms with Gasteiger partial charge in [0.05, 0.1) is 18.7 Å². The first-order valence-corrected chi connectivity index (χ1v) is 8.02. The Kier molecular flexibility index (Phi) is 4.37. The predicted octanol–water partition coefficient (Wildman–Crippen LogP) is 3.78. The lowest BCUT2D eigenvalue weighted by Gasteiger charge is -2.23. The SMILES string of the molecule is COc1ccccc1C(=O)N1CCC[C@@H]1c1cc(C(C)C)on1. The molecule has 0 bridgehead atoms. The molecule has 5 nitrogen and oxygen atoms in total. The molecule has 1 saturated heterocycles. The molecular weight excluding hydrogens is 292 g/mol. The molecule has 1 fully saturated rings. The summed E-state index contributed by atoms with van der Waals surface area (Å²) in [6.45, 7) is 4.86. The van der Waals surface area contributed by atoms with Crippen molar-refractivity contribution in [3.8, 4) is 5.75 Å². The summed E-state index contributed by atoms with van der Waals surface area (Å²) in [5.41, 5.74) is 1.43. The lowest BCUT2D eigenvalue weighted by Crippen LogP contribution is -2.31. The smallest absolute Gasteiger partial charge is 0.258 e. The maximum Gasteiger partial charge on any atom is 0.258 e. The largest absolute Gasteiger partial charge is 0.496 e. The van der Waals surface area contributed by atoms with E-state index in [1.807, 2.05) is 29.2 Å². The maximum atomic E-state index is 12.9.